The SMILES string of the molecule is Cc1cc(C)cc(OCCN(C)C(=O)c2ccccc2Cl)c1. The maximum Gasteiger partial charge on any atom is 0.255 e. The van der Waals surface area contributed by atoms with E-state index in [0.717, 1.165) is 16.9 Å². The van der Waals surface area contributed by atoms with Crippen molar-refractivity contribution in [1.82, 2.24) is 4.90 Å². The van der Waals surface area contributed by atoms with Gasteiger partial charge in [0.05, 0.1) is 17.1 Å². The molecule has 0 atom stereocenters. The predicted molar refractivity (Wildman–Crippen MR) is 89.8 cm³/mol. The minimum atomic E-state index is -0.102. The molecule has 0 aliphatic heterocycles. The van der Waals surface area contributed by atoms with Crippen LogP contribution in [0.2, 0.25) is 5.02 Å². The molecule has 0 unspecified atom stereocenters. The van der Waals surface area contributed by atoms with Gasteiger partial charge in [-0.15, -0.1) is 0 Å². The van der Waals surface area contributed by atoms with Crippen LogP contribution in [0.15, 0.2) is 42.5 Å². The molecule has 0 aliphatic rings. The summed E-state index contributed by atoms with van der Waals surface area (Å²) < 4.78 is 5.73. The van der Waals surface area contributed by atoms with Crippen LogP contribution in [-0.2, 0) is 0 Å². The molecule has 0 spiro atoms. The van der Waals surface area contributed by atoms with Crippen molar-refractivity contribution in [3.8, 4) is 5.75 Å². The van der Waals surface area contributed by atoms with Crippen molar-refractivity contribution in [2.24, 2.45) is 0 Å². The first kappa shape index (κ1) is 16.4. The molecule has 116 valence electrons. The third-order valence-corrected chi connectivity index (χ3v) is 3.67. The van der Waals surface area contributed by atoms with E-state index < -0.39 is 0 Å². The number of hydrogen-bond donors (Lipinski definition) is 0. The number of nitrogens with zero attached hydrogens (tertiary/aromatic N) is 1. The van der Waals surface area contributed by atoms with Crippen LogP contribution in [0.1, 0.15) is 21.5 Å². The Morgan fingerprint density at radius 1 is 1.14 bits per heavy atom. The molecule has 0 aliphatic carbocycles. The van der Waals surface area contributed by atoms with Crippen LogP contribution in [0.3, 0.4) is 0 Å². The topological polar surface area (TPSA) is 29.5 Å². The average molecular weight is 318 g/mol. The fourth-order valence-electron chi connectivity index (χ4n) is 2.26. The zero-order chi connectivity index (χ0) is 16.1. The van der Waals surface area contributed by atoms with Gasteiger partial charge in [-0.2, -0.15) is 0 Å². The highest BCUT2D eigenvalue weighted by atomic mass is 35.5. The molecule has 22 heavy (non-hydrogen) atoms. The van der Waals surface area contributed by atoms with Crippen molar-refractivity contribution in [2.45, 2.75) is 13.8 Å². The lowest BCUT2D eigenvalue weighted by molar-refractivity contribution is 0.0774. The summed E-state index contributed by atoms with van der Waals surface area (Å²) >= 11 is 6.05. The molecule has 0 fully saturated rings. The van der Waals surface area contributed by atoms with Crippen molar-refractivity contribution in [3.05, 3.63) is 64.2 Å². The van der Waals surface area contributed by atoms with Gasteiger partial charge in [-0.05, 0) is 49.2 Å². The van der Waals surface area contributed by atoms with Gasteiger partial charge in [0.15, 0.2) is 0 Å². The third-order valence-electron chi connectivity index (χ3n) is 3.34. The number of ether oxygens (including phenoxy) is 1. The summed E-state index contributed by atoms with van der Waals surface area (Å²) in [4.78, 5) is 13.9. The first-order valence-electron chi connectivity index (χ1n) is 7.18. The summed E-state index contributed by atoms with van der Waals surface area (Å²) in [6, 6.07) is 13.1. The molecule has 0 aromatic heterocycles. The van der Waals surface area contributed by atoms with E-state index in [1.807, 2.05) is 32.0 Å². The number of rotatable bonds is 5. The van der Waals surface area contributed by atoms with Gasteiger partial charge in [0.1, 0.15) is 12.4 Å². The Labute approximate surface area is 136 Å². The second-order valence-electron chi connectivity index (χ2n) is 5.38. The fraction of sp³-hybridized carbons (Fsp3) is 0.278. The first-order chi connectivity index (χ1) is 10.5. The van der Waals surface area contributed by atoms with E-state index in [1.165, 1.54) is 0 Å². The Bertz CT molecular complexity index is 650. The highest BCUT2D eigenvalue weighted by Crippen LogP contribution is 2.18. The minimum absolute atomic E-state index is 0.102. The summed E-state index contributed by atoms with van der Waals surface area (Å²) in [5.41, 5.74) is 2.84. The molecule has 2 rings (SSSR count). The molecule has 0 heterocycles. The number of carbonyl (C=O) groups is 1. The van der Waals surface area contributed by atoms with Crippen LogP contribution >= 0.6 is 11.6 Å². The second-order valence-corrected chi connectivity index (χ2v) is 5.79. The van der Waals surface area contributed by atoms with E-state index >= 15 is 0 Å². The van der Waals surface area contributed by atoms with E-state index in [1.54, 1.807) is 30.1 Å². The highest BCUT2D eigenvalue weighted by Gasteiger charge is 2.14. The molecule has 3 nitrogen and oxygen atoms in total. The smallest absolute Gasteiger partial charge is 0.255 e. The monoisotopic (exact) mass is 317 g/mol. The maximum absolute atomic E-state index is 12.3. The number of aryl methyl sites for hydroxylation is 2. The van der Waals surface area contributed by atoms with Gasteiger partial charge >= 0.3 is 0 Å². The minimum Gasteiger partial charge on any atom is -0.492 e. The lowest BCUT2D eigenvalue weighted by Crippen LogP contribution is -2.31. The fourth-order valence-corrected chi connectivity index (χ4v) is 2.48. The third kappa shape index (κ3) is 4.25. The lowest BCUT2D eigenvalue weighted by Gasteiger charge is -2.18. The number of hydrogen-bond acceptors (Lipinski definition) is 2. The van der Waals surface area contributed by atoms with E-state index in [-0.39, 0.29) is 5.91 Å². The number of benzene rings is 2. The second kappa shape index (κ2) is 7.32. The van der Waals surface area contributed by atoms with Gasteiger partial charge in [0, 0.05) is 7.05 Å². The van der Waals surface area contributed by atoms with Crippen molar-refractivity contribution >= 4 is 17.5 Å². The molecule has 4 heteroatoms. The Morgan fingerprint density at radius 2 is 1.77 bits per heavy atom. The Balaban J connectivity index is 1.91. The van der Waals surface area contributed by atoms with Crippen molar-refractivity contribution < 1.29 is 9.53 Å². The van der Waals surface area contributed by atoms with Crippen molar-refractivity contribution in [2.75, 3.05) is 20.2 Å². The van der Waals surface area contributed by atoms with Gasteiger partial charge in [0.25, 0.3) is 5.91 Å². The van der Waals surface area contributed by atoms with Gasteiger partial charge in [-0.1, -0.05) is 29.8 Å². The molecule has 0 bridgehead atoms. The number of carbonyl (C=O) groups excluding carboxylic acids is 1. The first-order valence-corrected chi connectivity index (χ1v) is 7.56. The molecule has 2 aromatic carbocycles. The van der Waals surface area contributed by atoms with E-state index in [0.29, 0.717) is 23.7 Å². The van der Waals surface area contributed by atoms with Gasteiger partial charge < -0.3 is 9.64 Å². The van der Waals surface area contributed by atoms with Crippen LogP contribution in [0.25, 0.3) is 0 Å². The van der Waals surface area contributed by atoms with E-state index in [4.69, 9.17) is 16.3 Å². The van der Waals surface area contributed by atoms with Crippen LogP contribution in [0.5, 0.6) is 5.75 Å². The maximum atomic E-state index is 12.3. The van der Waals surface area contributed by atoms with E-state index in [2.05, 4.69) is 6.07 Å². The van der Waals surface area contributed by atoms with Gasteiger partial charge in [-0.25, -0.2) is 0 Å². The van der Waals surface area contributed by atoms with Gasteiger partial charge in [0.2, 0.25) is 0 Å². The summed E-state index contributed by atoms with van der Waals surface area (Å²) in [5.74, 6) is 0.728. The predicted octanol–water partition coefficient (Wildman–Crippen LogP) is 4.11. The van der Waals surface area contributed by atoms with Crippen LogP contribution in [0, 0.1) is 13.8 Å². The molecular weight excluding hydrogens is 298 g/mol. The zero-order valence-electron chi connectivity index (χ0n) is 13.1. The molecule has 0 radical (unpaired) electrons. The quantitative estimate of drug-likeness (QED) is 0.830. The van der Waals surface area contributed by atoms with Crippen molar-refractivity contribution in [3.63, 3.8) is 0 Å². The summed E-state index contributed by atoms with van der Waals surface area (Å²) in [7, 11) is 1.75. The molecule has 2 aromatic rings. The normalized spacial score (nSPS) is 10.4. The van der Waals surface area contributed by atoms with Crippen LogP contribution in [-0.4, -0.2) is 31.0 Å². The van der Waals surface area contributed by atoms with E-state index in [9.17, 15) is 4.79 Å². The highest BCUT2D eigenvalue weighted by molar-refractivity contribution is 6.33. The molecule has 1 amide bonds. The van der Waals surface area contributed by atoms with Crippen molar-refractivity contribution in [1.29, 1.82) is 0 Å². The molecule has 0 N–H and O–H groups in total. The summed E-state index contributed by atoms with van der Waals surface area (Å²) in [5, 5.41) is 0.467. The Kier molecular flexibility index (Phi) is 5.45. The molecular formula is C18H20ClNO2. The Morgan fingerprint density at radius 3 is 2.41 bits per heavy atom. The summed E-state index contributed by atoms with van der Waals surface area (Å²) in [6.07, 6.45) is 0. The number of halogens is 1. The Hall–Kier alpha value is -2.00. The molecule has 0 saturated heterocycles. The number of amides is 1. The van der Waals surface area contributed by atoms with Crippen LogP contribution < -0.4 is 4.74 Å². The van der Waals surface area contributed by atoms with Crippen LogP contribution in [0.4, 0.5) is 0 Å². The zero-order valence-corrected chi connectivity index (χ0v) is 13.9. The molecule has 0 saturated carbocycles. The number of likely N-dealkylation sites (N-methyl/N-ethyl adjacent to an activating group) is 1. The van der Waals surface area contributed by atoms with Gasteiger partial charge in [-0.3, -0.25) is 4.79 Å². The largest absolute Gasteiger partial charge is 0.492 e. The summed E-state index contributed by atoms with van der Waals surface area (Å²) in [6.45, 7) is 5.01. The standard InChI is InChI=1S/C18H20ClNO2/c1-13-10-14(2)12-15(11-13)22-9-8-20(3)18(21)16-6-4-5-7-17(16)19/h4-7,10-12H,8-9H2,1-3H3. The average Bonchev–Trinajstić information content (AvgIpc) is 2.46. The lowest BCUT2D eigenvalue weighted by atomic mass is 10.1.